The van der Waals surface area contributed by atoms with Gasteiger partial charge in [0, 0.05) is 52.9 Å². The van der Waals surface area contributed by atoms with Crippen molar-refractivity contribution in [2.24, 2.45) is 0 Å². The van der Waals surface area contributed by atoms with Gasteiger partial charge in [0.05, 0.1) is 13.2 Å². The first kappa shape index (κ1) is 28.0. The minimum atomic E-state index is -0.659. The second-order valence-corrected chi connectivity index (χ2v) is 8.39. The van der Waals surface area contributed by atoms with Crippen LogP contribution >= 0.6 is 11.6 Å². The highest BCUT2D eigenvalue weighted by molar-refractivity contribution is 6.31. The molecule has 2 unspecified atom stereocenters. The van der Waals surface area contributed by atoms with Gasteiger partial charge in [-0.2, -0.15) is 0 Å². The Morgan fingerprint density at radius 2 is 1.22 bits per heavy atom. The summed E-state index contributed by atoms with van der Waals surface area (Å²) in [5.41, 5.74) is 0. The molecule has 0 spiro atoms. The molecule has 0 saturated carbocycles. The van der Waals surface area contributed by atoms with Gasteiger partial charge in [0.25, 0.3) is 0 Å². The molecule has 0 N–H and O–H groups in total. The Bertz CT molecular complexity index is 1270. The highest BCUT2D eigenvalue weighted by Gasteiger charge is 2.21. The molecule has 0 aliphatic rings. The minimum Gasteiger partial charge on any atom is -0.488 e. The second-order valence-electron chi connectivity index (χ2n) is 7.95. The molecule has 0 heterocycles. The highest BCUT2D eigenvalue weighted by Crippen LogP contribution is 2.43. The Morgan fingerprint density at radius 3 is 1.68 bits per heavy atom. The molecule has 196 valence electrons. The Morgan fingerprint density at radius 1 is 0.757 bits per heavy atom. The van der Waals surface area contributed by atoms with Crippen molar-refractivity contribution in [3.63, 3.8) is 0 Å². The number of carbonyl (C=O) groups is 2. The van der Waals surface area contributed by atoms with Crippen LogP contribution in [-0.4, -0.2) is 64.8 Å². The van der Waals surface area contributed by atoms with Crippen LogP contribution in [0.15, 0.2) is 67.8 Å². The average Bonchev–Trinajstić information content (AvgIpc) is 2.90. The monoisotopic (exact) mass is 528 g/mol. The number of hydrogen-bond acceptors (Lipinski definition) is 8. The summed E-state index contributed by atoms with van der Waals surface area (Å²) in [7, 11) is 3.02. The van der Waals surface area contributed by atoms with Crippen LogP contribution in [0, 0.1) is 0 Å². The van der Waals surface area contributed by atoms with E-state index < -0.39 is 24.1 Å². The van der Waals surface area contributed by atoms with Crippen molar-refractivity contribution >= 4 is 45.1 Å². The maximum absolute atomic E-state index is 11.8. The number of halogens is 1. The summed E-state index contributed by atoms with van der Waals surface area (Å²) in [4.78, 5) is 23.5. The third-order valence-electron chi connectivity index (χ3n) is 5.32. The van der Waals surface area contributed by atoms with E-state index in [9.17, 15) is 9.59 Å². The van der Waals surface area contributed by atoms with Crippen LogP contribution in [0.25, 0.3) is 21.5 Å². The van der Waals surface area contributed by atoms with Crippen LogP contribution in [0.4, 0.5) is 0 Å². The van der Waals surface area contributed by atoms with Crippen molar-refractivity contribution in [3.05, 3.63) is 72.8 Å². The predicted molar refractivity (Wildman–Crippen MR) is 141 cm³/mol. The molecule has 0 aliphatic heterocycles. The molecule has 8 nitrogen and oxygen atoms in total. The van der Waals surface area contributed by atoms with Gasteiger partial charge in [0.2, 0.25) is 0 Å². The number of ether oxygens (including phenoxy) is 6. The molecule has 0 aliphatic carbocycles. The van der Waals surface area contributed by atoms with Gasteiger partial charge in [-0.1, -0.05) is 49.0 Å². The summed E-state index contributed by atoms with van der Waals surface area (Å²) in [6.45, 7) is 7.23. The van der Waals surface area contributed by atoms with Crippen molar-refractivity contribution in [2.45, 2.75) is 12.2 Å². The molecule has 3 aromatic carbocycles. The fraction of sp³-hybridized carbons (Fsp3) is 0.286. The van der Waals surface area contributed by atoms with E-state index in [0.29, 0.717) is 21.9 Å². The number of hydrogen-bond donors (Lipinski definition) is 0. The van der Waals surface area contributed by atoms with E-state index in [4.69, 9.17) is 40.0 Å². The second kappa shape index (κ2) is 13.6. The van der Waals surface area contributed by atoms with Gasteiger partial charge >= 0.3 is 11.9 Å². The SMILES string of the molecule is C=CC(=O)OC(COC)COc1c2ccccc2c(OCC(COC)OC(=O)C=C)c2cc(Cl)ccc12. The number of rotatable bonds is 14. The van der Waals surface area contributed by atoms with Gasteiger partial charge in [0.1, 0.15) is 24.7 Å². The standard InChI is InChI=1S/C28H29ClO8/c1-5-25(30)36-19(14-32-3)16-34-27-21-9-7-8-10-22(21)28(24-13-18(29)11-12-23(24)27)35-17-20(15-33-4)37-26(31)6-2/h5-13,19-20H,1-2,14-17H2,3-4H3. The Kier molecular flexibility index (Phi) is 10.3. The molecule has 0 saturated heterocycles. The Hall–Kier alpha value is -3.59. The lowest BCUT2D eigenvalue weighted by Crippen LogP contribution is -2.29. The molecular weight excluding hydrogens is 500 g/mol. The van der Waals surface area contributed by atoms with Crippen LogP contribution in [-0.2, 0) is 28.5 Å². The van der Waals surface area contributed by atoms with Crippen LogP contribution < -0.4 is 9.47 Å². The molecule has 2 atom stereocenters. The molecule has 0 amide bonds. The zero-order chi connectivity index (χ0) is 26.8. The van der Waals surface area contributed by atoms with Gasteiger partial charge in [-0.25, -0.2) is 9.59 Å². The van der Waals surface area contributed by atoms with E-state index in [1.807, 2.05) is 30.3 Å². The van der Waals surface area contributed by atoms with Crippen molar-refractivity contribution in [1.82, 2.24) is 0 Å². The van der Waals surface area contributed by atoms with E-state index in [0.717, 1.165) is 28.3 Å². The summed E-state index contributed by atoms with van der Waals surface area (Å²) >= 11 is 6.36. The molecule has 0 radical (unpaired) electrons. The van der Waals surface area contributed by atoms with Gasteiger partial charge in [-0.3, -0.25) is 0 Å². The lowest BCUT2D eigenvalue weighted by Gasteiger charge is -2.22. The summed E-state index contributed by atoms with van der Waals surface area (Å²) in [5, 5.41) is 3.45. The molecule has 37 heavy (non-hydrogen) atoms. The zero-order valence-electron chi connectivity index (χ0n) is 20.7. The lowest BCUT2D eigenvalue weighted by atomic mass is 10.0. The number of methoxy groups -OCH3 is 2. The van der Waals surface area contributed by atoms with E-state index in [-0.39, 0.29) is 26.4 Å². The summed E-state index contributed by atoms with van der Waals surface area (Å²) < 4.78 is 33.5. The predicted octanol–water partition coefficient (Wildman–Crippen LogP) is 4.89. The van der Waals surface area contributed by atoms with E-state index in [1.165, 1.54) is 14.2 Å². The van der Waals surface area contributed by atoms with Crippen molar-refractivity contribution in [3.8, 4) is 11.5 Å². The minimum absolute atomic E-state index is 0.0344. The molecule has 0 fully saturated rings. The van der Waals surface area contributed by atoms with Crippen LogP contribution in [0.1, 0.15) is 0 Å². The molecule has 3 aromatic rings. The normalized spacial score (nSPS) is 12.5. The topological polar surface area (TPSA) is 89.5 Å². The van der Waals surface area contributed by atoms with E-state index >= 15 is 0 Å². The quantitative estimate of drug-likeness (QED) is 0.166. The third-order valence-corrected chi connectivity index (χ3v) is 5.55. The molecule has 3 rings (SSSR count). The van der Waals surface area contributed by atoms with Crippen molar-refractivity contribution < 1.29 is 38.0 Å². The Labute approximate surface area is 220 Å². The van der Waals surface area contributed by atoms with E-state index in [1.54, 1.807) is 12.1 Å². The fourth-order valence-corrected chi connectivity index (χ4v) is 3.94. The first-order valence-electron chi connectivity index (χ1n) is 11.4. The molecule has 9 heteroatoms. The first-order chi connectivity index (χ1) is 17.9. The van der Waals surface area contributed by atoms with Gasteiger partial charge in [-0.15, -0.1) is 0 Å². The number of carbonyl (C=O) groups excluding carboxylic acids is 2. The van der Waals surface area contributed by atoms with Crippen LogP contribution in [0.2, 0.25) is 5.02 Å². The fourth-order valence-electron chi connectivity index (χ4n) is 3.76. The van der Waals surface area contributed by atoms with E-state index in [2.05, 4.69) is 13.2 Å². The van der Waals surface area contributed by atoms with Crippen LogP contribution in [0.3, 0.4) is 0 Å². The maximum atomic E-state index is 11.8. The first-order valence-corrected chi connectivity index (χ1v) is 11.8. The Balaban J connectivity index is 2.03. The number of benzene rings is 3. The zero-order valence-corrected chi connectivity index (χ0v) is 21.5. The van der Waals surface area contributed by atoms with Crippen molar-refractivity contribution in [2.75, 3.05) is 40.6 Å². The molecular formula is C28H29ClO8. The smallest absolute Gasteiger partial charge is 0.330 e. The summed E-state index contributed by atoms with van der Waals surface area (Å²) in [6, 6.07) is 12.9. The largest absolute Gasteiger partial charge is 0.488 e. The lowest BCUT2D eigenvalue weighted by molar-refractivity contribution is -0.148. The van der Waals surface area contributed by atoms with Gasteiger partial charge in [0.15, 0.2) is 12.2 Å². The molecule has 0 aromatic heterocycles. The van der Waals surface area contributed by atoms with Gasteiger partial charge < -0.3 is 28.4 Å². The number of fused-ring (bicyclic) bond motifs is 2. The highest BCUT2D eigenvalue weighted by atomic mass is 35.5. The summed E-state index contributed by atoms with van der Waals surface area (Å²) in [6.07, 6.45) is 0.864. The van der Waals surface area contributed by atoms with Crippen LogP contribution in [0.5, 0.6) is 11.5 Å². The molecule has 0 bridgehead atoms. The van der Waals surface area contributed by atoms with Crippen molar-refractivity contribution in [1.29, 1.82) is 0 Å². The average molecular weight is 529 g/mol. The summed E-state index contributed by atoms with van der Waals surface area (Å²) in [5.74, 6) is -0.0341. The third kappa shape index (κ3) is 7.22. The maximum Gasteiger partial charge on any atom is 0.330 e. The van der Waals surface area contributed by atoms with Gasteiger partial charge in [-0.05, 0) is 18.2 Å². The number of esters is 2.